The van der Waals surface area contributed by atoms with E-state index in [2.05, 4.69) is 9.98 Å². The summed E-state index contributed by atoms with van der Waals surface area (Å²) >= 11 is 0. The number of aromatic nitrogens is 2. The van der Waals surface area contributed by atoms with Crippen LogP contribution in [0.5, 0.6) is 0 Å². The molecule has 0 aliphatic rings. The monoisotopic (exact) mass is 294 g/mol. The fraction of sp³-hybridized carbons (Fsp3) is 0.176. The van der Waals surface area contributed by atoms with Gasteiger partial charge < -0.3 is 14.7 Å². The fourth-order valence-electron chi connectivity index (χ4n) is 2.21. The maximum absolute atomic E-state index is 6.03. The Morgan fingerprint density at radius 3 is 2.77 bits per heavy atom. The van der Waals surface area contributed by atoms with Gasteiger partial charge in [-0.25, -0.2) is 4.98 Å². The highest BCUT2D eigenvalue weighted by Crippen LogP contribution is 2.19. The maximum atomic E-state index is 6.03. The normalized spacial score (nSPS) is 11.7. The number of amidine groups is 1. The zero-order valence-electron chi connectivity index (χ0n) is 12.2. The lowest BCUT2D eigenvalue weighted by Gasteiger charge is -2.03. The van der Waals surface area contributed by atoms with Crippen molar-refractivity contribution >= 4 is 5.84 Å². The van der Waals surface area contributed by atoms with Crippen LogP contribution in [-0.4, -0.2) is 21.9 Å². The van der Waals surface area contributed by atoms with Crippen LogP contribution in [0.3, 0.4) is 0 Å². The van der Waals surface area contributed by atoms with Crippen molar-refractivity contribution in [3.05, 3.63) is 66.9 Å². The van der Waals surface area contributed by atoms with Gasteiger partial charge >= 0.3 is 0 Å². The van der Waals surface area contributed by atoms with Crippen molar-refractivity contribution in [1.82, 2.24) is 9.55 Å². The molecule has 0 bridgehead atoms. The van der Waals surface area contributed by atoms with Gasteiger partial charge in [0.1, 0.15) is 11.6 Å². The first-order valence-electron chi connectivity index (χ1n) is 7.23. The Balaban J connectivity index is 1.57. The van der Waals surface area contributed by atoms with E-state index in [4.69, 9.17) is 10.2 Å². The van der Waals surface area contributed by atoms with Gasteiger partial charge in [0.05, 0.1) is 12.6 Å². The second-order valence-corrected chi connectivity index (χ2v) is 4.98. The Morgan fingerprint density at radius 2 is 2.09 bits per heavy atom. The number of rotatable bonds is 6. The highest BCUT2D eigenvalue weighted by atomic mass is 16.3. The van der Waals surface area contributed by atoms with Gasteiger partial charge in [-0.1, -0.05) is 24.3 Å². The zero-order chi connectivity index (χ0) is 15.2. The molecule has 0 amide bonds. The number of nitrogens with zero attached hydrogens (tertiary/aromatic N) is 3. The van der Waals surface area contributed by atoms with Crippen molar-refractivity contribution in [2.24, 2.45) is 10.7 Å². The van der Waals surface area contributed by atoms with Crippen molar-refractivity contribution in [3.8, 4) is 11.3 Å². The average molecular weight is 294 g/mol. The van der Waals surface area contributed by atoms with Gasteiger partial charge in [0.15, 0.2) is 0 Å². The first kappa shape index (κ1) is 14.1. The number of hydrogen-bond acceptors (Lipinski definition) is 3. The lowest BCUT2D eigenvalue weighted by molar-refractivity contribution is 0.582. The van der Waals surface area contributed by atoms with Crippen LogP contribution >= 0.6 is 0 Å². The summed E-state index contributed by atoms with van der Waals surface area (Å²) in [5.41, 5.74) is 7.99. The highest BCUT2D eigenvalue weighted by molar-refractivity contribution is 5.97. The SMILES string of the molecule is NC(=NCCCn1ccnc1)c1ccc(-c2ccco2)cc1. The molecule has 3 rings (SSSR count). The maximum Gasteiger partial charge on any atom is 0.133 e. The number of benzene rings is 1. The molecule has 0 saturated heterocycles. The zero-order valence-corrected chi connectivity index (χ0v) is 12.2. The molecule has 0 spiro atoms. The Morgan fingerprint density at radius 1 is 1.23 bits per heavy atom. The van der Waals surface area contributed by atoms with Crippen LogP contribution in [0.15, 0.2) is 70.8 Å². The Bertz CT molecular complexity index is 713. The molecule has 0 aliphatic heterocycles. The van der Waals surface area contributed by atoms with E-state index in [0.29, 0.717) is 12.4 Å². The van der Waals surface area contributed by atoms with Crippen molar-refractivity contribution in [2.75, 3.05) is 6.54 Å². The van der Waals surface area contributed by atoms with Gasteiger partial charge in [-0.05, 0) is 18.6 Å². The average Bonchev–Trinajstić information content (AvgIpc) is 3.25. The minimum Gasteiger partial charge on any atom is -0.464 e. The summed E-state index contributed by atoms with van der Waals surface area (Å²) in [6, 6.07) is 11.7. The summed E-state index contributed by atoms with van der Waals surface area (Å²) in [4.78, 5) is 8.43. The summed E-state index contributed by atoms with van der Waals surface area (Å²) in [5.74, 6) is 1.42. The molecule has 2 aromatic heterocycles. The van der Waals surface area contributed by atoms with E-state index >= 15 is 0 Å². The van der Waals surface area contributed by atoms with E-state index in [1.807, 2.05) is 47.2 Å². The molecule has 0 atom stereocenters. The van der Waals surface area contributed by atoms with E-state index < -0.39 is 0 Å². The van der Waals surface area contributed by atoms with Crippen LogP contribution in [0.2, 0.25) is 0 Å². The van der Waals surface area contributed by atoms with E-state index in [9.17, 15) is 0 Å². The molecule has 1 aromatic carbocycles. The van der Waals surface area contributed by atoms with Crippen LogP contribution < -0.4 is 5.73 Å². The predicted octanol–water partition coefficient (Wildman–Crippen LogP) is 2.94. The van der Waals surface area contributed by atoms with Crippen LogP contribution in [0, 0.1) is 0 Å². The molecule has 5 nitrogen and oxygen atoms in total. The minimum atomic E-state index is 0.566. The van der Waals surface area contributed by atoms with Gasteiger partial charge in [-0.15, -0.1) is 0 Å². The third kappa shape index (κ3) is 3.44. The minimum absolute atomic E-state index is 0.566. The van der Waals surface area contributed by atoms with Gasteiger partial charge in [0, 0.05) is 36.6 Å². The second-order valence-electron chi connectivity index (χ2n) is 4.98. The summed E-state index contributed by atoms with van der Waals surface area (Å²) in [6.45, 7) is 1.60. The lowest BCUT2D eigenvalue weighted by Crippen LogP contribution is -2.14. The molecule has 2 N–H and O–H groups in total. The molecule has 5 heteroatoms. The van der Waals surface area contributed by atoms with E-state index in [-0.39, 0.29) is 0 Å². The largest absolute Gasteiger partial charge is 0.464 e. The van der Waals surface area contributed by atoms with Crippen LogP contribution in [0.25, 0.3) is 11.3 Å². The standard InChI is InChI=1S/C17H18N4O/c18-17(20-8-2-10-21-11-9-19-13-21)15-6-4-14(5-7-15)16-3-1-12-22-16/h1,3-7,9,11-13H,2,8,10H2,(H2,18,20). The third-order valence-corrected chi connectivity index (χ3v) is 3.40. The molecule has 0 fully saturated rings. The highest BCUT2D eigenvalue weighted by Gasteiger charge is 2.02. The van der Waals surface area contributed by atoms with Crippen molar-refractivity contribution in [3.63, 3.8) is 0 Å². The summed E-state index contributed by atoms with van der Waals surface area (Å²) < 4.78 is 7.40. The molecular weight excluding hydrogens is 276 g/mol. The second kappa shape index (κ2) is 6.76. The van der Waals surface area contributed by atoms with Crippen LogP contribution in [0.1, 0.15) is 12.0 Å². The van der Waals surface area contributed by atoms with Gasteiger partial charge in [-0.3, -0.25) is 4.99 Å². The molecular formula is C17H18N4O. The van der Waals surface area contributed by atoms with Crippen LogP contribution in [-0.2, 0) is 6.54 Å². The summed E-state index contributed by atoms with van der Waals surface area (Å²) in [7, 11) is 0. The van der Waals surface area contributed by atoms with E-state index in [0.717, 1.165) is 29.9 Å². The molecule has 0 unspecified atom stereocenters. The number of furan rings is 1. The van der Waals surface area contributed by atoms with Crippen molar-refractivity contribution in [2.45, 2.75) is 13.0 Å². The number of aliphatic imine (C=N–C) groups is 1. The third-order valence-electron chi connectivity index (χ3n) is 3.40. The predicted molar refractivity (Wildman–Crippen MR) is 86.6 cm³/mol. The Kier molecular flexibility index (Phi) is 4.34. The summed E-state index contributed by atoms with van der Waals surface area (Å²) in [6.07, 6.45) is 8.12. The van der Waals surface area contributed by atoms with Crippen LogP contribution in [0.4, 0.5) is 0 Å². The van der Waals surface area contributed by atoms with E-state index in [1.54, 1.807) is 18.8 Å². The molecule has 0 aliphatic carbocycles. The molecule has 2 heterocycles. The van der Waals surface area contributed by atoms with Crippen molar-refractivity contribution < 1.29 is 4.42 Å². The van der Waals surface area contributed by atoms with Gasteiger partial charge in [0.25, 0.3) is 0 Å². The Labute approximate surface area is 129 Å². The molecule has 0 saturated carbocycles. The van der Waals surface area contributed by atoms with Gasteiger partial charge in [0.2, 0.25) is 0 Å². The number of aryl methyl sites for hydroxylation is 1. The lowest BCUT2D eigenvalue weighted by atomic mass is 10.1. The quantitative estimate of drug-likeness (QED) is 0.432. The number of imidazole rings is 1. The molecule has 0 radical (unpaired) electrons. The van der Waals surface area contributed by atoms with Crippen molar-refractivity contribution in [1.29, 1.82) is 0 Å². The molecule has 112 valence electrons. The first-order chi connectivity index (χ1) is 10.8. The van der Waals surface area contributed by atoms with E-state index in [1.165, 1.54) is 0 Å². The smallest absolute Gasteiger partial charge is 0.133 e. The topological polar surface area (TPSA) is 69.3 Å². The fourth-order valence-corrected chi connectivity index (χ4v) is 2.21. The molecule has 22 heavy (non-hydrogen) atoms. The summed E-state index contributed by atoms with van der Waals surface area (Å²) in [5, 5.41) is 0. The Hall–Kier alpha value is -2.82. The molecule has 3 aromatic rings. The first-order valence-corrected chi connectivity index (χ1v) is 7.23. The number of nitrogens with two attached hydrogens (primary N) is 1. The van der Waals surface area contributed by atoms with Gasteiger partial charge in [-0.2, -0.15) is 0 Å². The number of hydrogen-bond donors (Lipinski definition) is 1.